The fourth-order valence-corrected chi connectivity index (χ4v) is 2.16. The van der Waals surface area contributed by atoms with Crippen LogP contribution >= 0.6 is 0 Å². The zero-order valence-electron chi connectivity index (χ0n) is 12.4. The molecule has 0 bridgehead atoms. The van der Waals surface area contributed by atoms with Gasteiger partial charge in [-0.3, -0.25) is 10.1 Å². The Morgan fingerprint density at radius 3 is 2.68 bits per heavy atom. The third-order valence-corrected chi connectivity index (χ3v) is 3.37. The van der Waals surface area contributed by atoms with Crippen molar-refractivity contribution in [1.82, 2.24) is 10.6 Å². The molecule has 1 saturated heterocycles. The number of carbonyl (C=O) groups excluding carboxylic acids is 1. The smallest absolute Gasteiger partial charge is 0.262 e. The molecule has 1 heterocycles. The summed E-state index contributed by atoms with van der Waals surface area (Å²) < 4.78 is 36.4. The Morgan fingerprint density at radius 1 is 1.36 bits per heavy atom. The van der Waals surface area contributed by atoms with Crippen LogP contribution in [0.4, 0.5) is 8.78 Å². The topological polar surface area (TPSA) is 59.6 Å². The zero-order chi connectivity index (χ0) is 16.0. The molecular weight excluding hydrogens is 294 g/mol. The molecule has 7 heteroatoms. The highest BCUT2D eigenvalue weighted by Gasteiger charge is 2.42. The molecule has 1 fully saturated rings. The molecule has 1 aromatic carbocycles. The number of alkyl halides is 2. The lowest BCUT2D eigenvalue weighted by atomic mass is 10.1. The van der Waals surface area contributed by atoms with E-state index in [-0.39, 0.29) is 0 Å². The molecule has 0 aromatic heterocycles. The predicted molar refractivity (Wildman–Crippen MR) is 77.0 cm³/mol. The SMILES string of the molecule is COCCOc1ccc(CNC(=O)C2CC(F)(F)CN2)cc1. The molecule has 1 aliphatic rings. The van der Waals surface area contributed by atoms with Crippen molar-refractivity contribution in [3.8, 4) is 5.75 Å². The van der Waals surface area contributed by atoms with Crippen molar-refractivity contribution < 1.29 is 23.0 Å². The molecule has 2 rings (SSSR count). The summed E-state index contributed by atoms with van der Waals surface area (Å²) in [4.78, 5) is 11.8. The summed E-state index contributed by atoms with van der Waals surface area (Å²) in [6.45, 7) is 0.824. The second-order valence-corrected chi connectivity index (χ2v) is 5.20. The highest BCUT2D eigenvalue weighted by atomic mass is 19.3. The number of hydrogen-bond donors (Lipinski definition) is 2. The van der Waals surface area contributed by atoms with Crippen molar-refractivity contribution in [2.24, 2.45) is 0 Å². The van der Waals surface area contributed by atoms with E-state index in [2.05, 4.69) is 10.6 Å². The number of rotatable bonds is 7. The van der Waals surface area contributed by atoms with E-state index in [0.29, 0.717) is 25.5 Å². The van der Waals surface area contributed by atoms with E-state index in [1.165, 1.54) is 0 Å². The summed E-state index contributed by atoms with van der Waals surface area (Å²) in [5.41, 5.74) is 0.872. The van der Waals surface area contributed by atoms with Gasteiger partial charge in [0.1, 0.15) is 12.4 Å². The Bertz CT molecular complexity index is 494. The van der Waals surface area contributed by atoms with E-state index in [4.69, 9.17) is 9.47 Å². The molecule has 1 aromatic rings. The van der Waals surface area contributed by atoms with Crippen molar-refractivity contribution in [1.29, 1.82) is 0 Å². The van der Waals surface area contributed by atoms with Gasteiger partial charge in [0.15, 0.2) is 0 Å². The second kappa shape index (κ2) is 7.51. The van der Waals surface area contributed by atoms with E-state index in [9.17, 15) is 13.6 Å². The van der Waals surface area contributed by atoms with E-state index < -0.39 is 30.8 Å². The molecule has 1 atom stereocenters. The van der Waals surface area contributed by atoms with Gasteiger partial charge in [-0.1, -0.05) is 12.1 Å². The van der Waals surface area contributed by atoms with Crippen LogP contribution in [0, 0.1) is 0 Å². The van der Waals surface area contributed by atoms with Crippen molar-refractivity contribution in [2.45, 2.75) is 24.9 Å². The first-order chi connectivity index (χ1) is 10.5. The number of carbonyl (C=O) groups is 1. The molecule has 0 spiro atoms. The number of benzene rings is 1. The average Bonchev–Trinajstić information content (AvgIpc) is 2.87. The summed E-state index contributed by atoms with van der Waals surface area (Å²) in [5.74, 6) is -2.50. The van der Waals surface area contributed by atoms with Gasteiger partial charge in [0.25, 0.3) is 5.92 Å². The lowest BCUT2D eigenvalue weighted by Crippen LogP contribution is -2.39. The first-order valence-corrected chi connectivity index (χ1v) is 7.10. The number of amides is 1. The Labute approximate surface area is 128 Å². The summed E-state index contributed by atoms with van der Waals surface area (Å²) in [5, 5.41) is 5.18. The Balaban J connectivity index is 1.76. The van der Waals surface area contributed by atoms with E-state index in [1.54, 1.807) is 19.2 Å². The third-order valence-electron chi connectivity index (χ3n) is 3.37. The Morgan fingerprint density at radius 2 is 2.09 bits per heavy atom. The number of methoxy groups -OCH3 is 1. The zero-order valence-corrected chi connectivity index (χ0v) is 12.4. The standard InChI is InChI=1S/C15H20F2N2O3/c1-21-6-7-22-12-4-2-11(3-5-12)9-18-14(20)13-8-15(16,17)10-19-13/h2-5,13,19H,6-10H2,1H3,(H,18,20). The number of hydrogen-bond acceptors (Lipinski definition) is 4. The molecule has 5 nitrogen and oxygen atoms in total. The molecule has 122 valence electrons. The molecule has 1 unspecified atom stereocenters. The highest BCUT2D eigenvalue weighted by Crippen LogP contribution is 2.25. The largest absolute Gasteiger partial charge is 0.491 e. The van der Waals surface area contributed by atoms with Gasteiger partial charge in [0, 0.05) is 20.1 Å². The molecule has 0 aliphatic carbocycles. The predicted octanol–water partition coefficient (Wildman–Crippen LogP) is 1.33. The van der Waals surface area contributed by atoms with Crippen LogP contribution in [0.5, 0.6) is 5.75 Å². The van der Waals surface area contributed by atoms with E-state index in [1.807, 2.05) is 12.1 Å². The maximum absolute atomic E-state index is 13.0. The summed E-state index contributed by atoms with van der Waals surface area (Å²) in [6, 6.07) is 6.39. The Hall–Kier alpha value is -1.73. The lowest BCUT2D eigenvalue weighted by molar-refractivity contribution is -0.123. The fraction of sp³-hybridized carbons (Fsp3) is 0.533. The average molecular weight is 314 g/mol. The van der Waals surface area contributed by atoms with Crippen LogP contribution in [-0.4, -0.2) is 44.7 Å². The number of nitrogens with one attached hydrogen (secondary N) is 2. The van der Waals surface area contributed by atoms with Gasteiger partial charge in [-0.05, 0) is 17.7 Å². The first-order valence-electron chi connectivity index (χ1n) is 7.10. The summed E-state index contributed by atoms with van der Waals surface area (Å²) >= 11 is 0. The maximum Gasteiger partial charge on any atom is 0.262 e. The van der Waals surface area contributed by atoms with Crippen LogP contribution in [-0.2, 0) is 16.1 Å². The number of halogens is 2. The van der Waals surface area contributed by atoms with E-state index >= 15 is 0 Å². The monoisotopic (exact) mass is 314 g/mol. The molecule has 2 N–H and O–H groups in total. The lowest BCUT2D eigenvalue weighted by Gasteiger charge is -2.11. The van der Waals surface area contributed by atoms with Gasteiger partial charge in [-0.2, -0.15) is 0 Å². The van der Waals surface area contributed by atoms with Crippen LogP contribution in [0.25, 0.3) is 0 Å². The van der Waals surface area contributed by atoms with Crippen molar-refractivity contribution >= 4 is 5.91 Å². The first kappa shape index (κ1) is 16.6. The van der Waals surface area contributed by atoms with Crippen molar-refractivity contribution in [3.63, 3.8) is 0 Å². The summed E-state index contributed by atoms with van der Waals surface area (Å²) in [7, 11) is 1.60. The quantitative estimate of drug-likeness (QED) is 0.746. The van der Waals surface area contributed by atoms with Gasteiger partial charge in [0.05, 0.1) is 19.2 Å². The molecule has 22 heavy (non-hydrogen) atoms. The molecule has 1 amide bonds. The minimum Gasteiger partial charge on any atom is -0.491 e. The van der Waals surface area contributed by atoms with Gasteiger partial charge < -0.3 is 14.8 Å². The van der Waals surface area contributed by atoms with Crippen LogP contribution in [0.2, 0.25) is 0 Å². The van der Waals surface area contributed by atoms with Gasteiger partial charge in [0.2, 0.25) is 5.91 Å². The maximum atomic E-state index is 13.0. The molecular formula is C15H20F2N2O3. The van der Waals surface area contributed by atoms with Gasteiger partial charge >= 0.3 is 0 Å². The second-order valence-electron chi connectivity index (χ2n) is 5.20. The van der Waals surface area contributed by atoms with Crippen LogP contribution < -0.4 is 15.4 Å². The minimum absolute atomic E-state index is 0.293. The van der Waals surface area contributed by atoms with E-state index in [0.717, 1.165) is 5.56 Å². The normalized spacial score (nSPS) is 19.9. The van der Waals surface area contributed by atoms with Gasteiger partial charge in [-0.25, -0.2) is 8.78 Å². The molecule has 1 aliphatic heterocycles. The van der Waals surface area contributed by atoms with Gasteiger partial charge in [-0.15, -0.1) is 0 Å². The van der Waals surface area contributed by atoms with Crippen LogP contribution in [0.1, 0.15) is 12.0 Å². The highest BCUT2D eigenvalue weighted by molar-refractivity contribution is 5.82. The van der Waals surface area contributed by atoms with Crippen LogP contribution in [0.15, 0.2) is 24.3 Å². The third kappa shape index (κ3) is 4.92. The minimum atomic E-state index is -2.80. The Kier molecular flexibility index (Phi) is 5.68. The molecule has 0 saturated carbocycles. The van der Waals surface area contributed by atoms with Crippen molar-refractivity contribution in [2.75, 3.05) is 26.9 Å². The van der Waals surface area contributed by atoms with Crippen molar-refractivity contribution in [3.05, 3.63) is 29.8 Å². The molecule has 0 radical (unpaired) electrons. The number of ether oxygens (including phenoxy) is 2. The van der Waals surface area contributed by atoms with Crippen LogP contribution in [0.3, 0.4) is 0 Å². The fourth-order valence-electron chi connectivity index (χ4n) is 2.16. The summed E-state index contributed by atoms with van der Waals surface area (Å²) in [6.07, 6.45) is -0.453.